The quantitative estimate of drug-likeness (QED) is 0.884. The van der Waals surface area contributed by atoms with Crippen LogP contribution in [0.15, 0.2) is 36.7 Å². The molecule has 1 aromatic heterocycles. The van der Waals surface area contributed by atoms with Gasteiger partial charge >= 0.3 is 0 Å². The molecule has 2 rings (SSSR count). The molecule has 1 unspecified atom stereocenters. The normalized spacial score (nSPS) is 12.2. The first kappa shape index (κ1) is 15.3. The van der Waals surface area contributed by atoms with Crippen molar-refractivity contribution in [3.63, 3.8) is 0 Å². The fraction of sp³-hybridized carbons (Fsp3) is 0.375. The summed E-state index contributed by atoms with van der Waals surface area (Å²) in [7, 11) is 5.73. The lowest BCUT2D eigenvalue weighted by Gasteiger charge is -2.25. The van der Waals surface area contributed by atoms with Gasteiger partial charge in [-0.2, -0.15) is 0 Å². The minimum absolute atomic E-state index is 0.248. The number of nitrogens with one attached hydrogen (secondary N) is 1. The molecule has 0 fully saturated rings. The Morgan fingerprint density at radius 1 is 1.14 bits per heavy atom. The van der Waals surface area contributed by atoms with Crippen LogP contribution in [-0.2, 0) is 0 Å². The lowest BCUT2D eigenvalue weighted by Crippen LogP contribution is -2.27. The van der Waals surface area contributed by atoms with E-state index in [9.17, 15) is 0 Å². The molecule has 0 aliphatic rings. The van der Waals surface area contributed by atoms with Crippen molar-refractivity contribution in [2.45, 2.75) is 13.0 Å². The average Bonchev–Trinajstić information content (AvgIpc) is 2.49. The number of aryl methyl sites for hydroxylation is 1. The van der Waals surface area contributed by atoms with Crippen molar-refractivity contribution >= 4 is 5.82 Å². The highest BCUT2D eigenvalue weighted by molar-refractivity contribution is 5.45. The maximum atomic E-state index is 5.21. The topological polar surface area (TPSA) is 50.3 Å². The lowest BCUT2D eigenvalue weighted by atomic mass is 10.0. The van der Waals surface area contributed by atoms with Crippen molar-refractivity contribution in [3.8, 4) is 5.88 Å². The van der Waals surface area contributed by atoms with Crippen LogP contribution in [0.1, 0.15) is 17.2 Å². The molecule has 0 spiro atoms. The first-order valence-corrected chi connectivity index (χ1v) is 6.93. The van der Waals surface area contributed by atoms with Crippen molar-refractivity contribution in [2.75, 3.05) is 33.1 Å². The van der Waals surface area contributed by atoms with E-state index in [1.807, 2.05) is 0 Å². The van der Waals surface area contributed by atoms with Crippen LogP contribution in [-0.4, -0.2) is 42.6 Å². The molecule has 1 atom stereocenters. The minimum atomic E-state index is 0.248. The zero-order chi connectivity index (χ0) is 15.2. The molecule has 0 radical (unpaired) electrons. The van der Waals surface area contributed by atoms with Gasteiger partial charge in [-0.1, -0.05) is 29.8 Å². The maximum Gasteiger partial charge on any atom is 0.257 e. The fourth-order valence-electron chi connectivity index (χ4n) is 2.18. The summed E-state index contributed by atoms with van der Waals surface area (Å²) < 4.78 is 5.21. The van der Waals surface area contributed by atoms with Crippen LogP contribution >= 0.6 is 0 Å². The van der Waals surface area contributed by atoms with E-state index in [0.29, 0.717) is 11.7 Å². The third-order valence-corrected chi connectivity index (χ3v) is 3.41. The van der Waals surface area contributed by atoms with E-state index >= 15 is 0 Å². The molecule has 1 aromatic carbocycles. The molecule has 0 amide bonds. The summed E-state index contributed by atoms with van der Waals surface area (Å²) in [5.74, 6) is 1.18. The molecule has 0 saturated carbocycles. The van der Waals surface area contributed by atoms with Gasteiger partial charge in [0.2, 0.25) is 0 Å². The van der Waals surface area contributed by atoms with E-state index in [-0.39, 0.29) is 6.04 Å². The fourth-order valence-corrected chi connectivity index (χ4v) is 2.18. The van der Waals surface area contributed by atoms with Gasteiger partial charge in [-0.3, -0.25) is 0 Å². The number of ether oxygens (including phenoxy) is 1. The number of methoxy groups -OCH3 is 1. The van der Waals surface area contributed by atoms with Crippen LogP contribution in [0.4, 0.5) is 5.82 Å². The second-order valence-electron chi connectivity index (χ2n) is 5.19. The first-order valence-electron chi connectivity index (χ1n) is 6.93. The Balaban J connectivity index is 2.12. The third kappa shape index (κ3) is 3.92. The Morgan fingerprint density at radius 3 is 2.43 bits per heavy atom. The zero-order valence-corrected chi connectivity index (χ0v) is 13.0. The van der Waals surface area contributed by atoms with Gasteiger partial charge in [0.05, 0.1) is 13.2 Å². The van der Waals surface area contributed by atoms with Gasteiger partial charge in [-0.05, 0) is 26.6 Å². The molecule has 5 nitrogen and oxygen atoms in total. The highest BCUT2D eigenvalue weighted by atomic mass is 16.5. The summed E-state index contributed by atoms with van der Waals surface area (Å²) in [6, 6.07) is 8.84. The van der Waals surface area contributed by atoms with Crippen LogP contribution in [0, 0.1) is 6.92 Å². The predicted octanol–water partition coefficient (Wildman–Crippen LogP) is 2.51. The van der Waals surface area contributed by atoms with E-state index in [4.69, 9.17) is 4.74 Å². The summed E-state index contributed by atoms with van der Waals surface area (Å²) in [6.45, 7) is 2.82. The Morgan fingerprint density at radius 2 is 1.81 bits per heavy atom. The van der Waals surface area contributed by atoms with Gasteiger partial charge < -0.3 is 15.0 Å². The molecule has 0 aliphatic carbocycles. The highest BCUT2D eigenvalue weighted by Crippen LogP contribution is 2.22. The molecule has 2 aromatic rings. The molecule has 0 saturated heterocycles. The average molecular weight is 286 g/mol. The largest absolute Gasteiger partial charge is 0.478 e. The number of likely N-dealkylation sites (N-methyl/N-ethyl adjacent to an activating group) is 1. The number of rotatable bonds is 6. The molecule has 1 N–H and O–H groups in total. The van der Waals surface area contributed by atoms with Crippen molar-refractivity contribution in [1.29, 1.82) is 0 Å². The van der Waals surface area contributed by atoms with Gasteiger partial charge in [0.15, 0.2) is 5.82 Å². The first-order chi connectivity index (χ1) is 10.1. The molecule has 21 heavy (non-hydrogen) atoms. The van der Waals surface area contributed by atoms with Gasteiger partial charge in [0, 0.05) is 18.9 Å². The van der Waals surface area contributed by atoms with E-state index in [2.05, 4.69) is 65.5 Å². The van der Waals surface area contributed by atoms with Gasteiger partial charge in [-0.25, -0.2) is 9.97 Å². The van der Waals surface area contributed by atoms with Crippen LogP contribution in [0.5, 0.6) is 5.88 Å². The van der Waals surface area contributed by atoms with E-state index < -0.39 is 0 Å². The summed E-state index contributed by atoms with van der Waals surface area (Å²) >= 11 is 0. The lowest BCUT2D eigenvalue weighted by molar-refractivity contribution is 0.311. The number of hydrogen-bond acceptors (Lipinski definition) is 5. The van der Waals surface area contributed by atoms with Gasteiger partial charge in [0.25, 0.3) is 5.88 Å². The smallest absolute Gasteiger partial charge is 0.257 e. The predicted molar refractivity (Wildman–Crippen MR) is 84.7 cm³/mol. The third-order valence-electron chi connectivity index (χ3n) is 3.41. The second kappa shape index (κ2) is 7.04. The Labute approximate surface area is 126 Å². The van der Waals surface area contributed by atoms with Crippen molar-refractivity contribution < 1.29 is 4.74 Å². The Bertz CT molecular complexity index is 569. The Hall–Kier alpha value is -2.14. The van der Waals surface area contributed by atoms with Gasteiger partial charge in [0.1, 0.15) is 0 Å². The second-order valence-corrected chi connectivity index (χ2v) is 5.19. The molecule has 0 aliphatic heterocycles. The SMILES string of the molecule is COc1nccnc1NCC(c1ccc(C)cc1)N(C)C. The van der Waals surface area contributed by atoms with Crippen molar-refractivity contribution in [1.82, 2.24) is 14.9 Å². The molecule has 112 valence electrons. The molecular formula is C16H22N4O. The number of aromatic nitrogens is 2. The number of anilines is 1. The standard InChI is InChI=1S/C16H22N4O/c1-12-5-7-13(8-6-12)14(20(2)3)11-19-15-16(21-4)18-10-9-17-15/h5-10,14H,11H2,1-4H3,(H,17,19). The van der Waals surface area contributed by atoms with E-state index in [1.165, 1.54) is 11.1 Å². The van der Waals surface area contributed by atoms with Gasteiger partial charge in [-0.15, -0.1) is 0 Å². The number of nitrogens with zero attached hydrogens (tertiary/aromatic N) is 3. The summed E-state index contributed by atoms with van der Waals surface area (Å²) in [6.07, 6.45) is 3.27. The van der Waals surface area contributed by atoms with E-state index in [1.54, 1.807) is 19.5 Å². The van der Waals surface area contributed by atoms with Crippen LogP contribution in [0.25, 0.3) is 0 Å². The van der Waals surface area contributed by atoms with Crippen LogP contribution < -0.4 is 10.1 Å². The highest BCUT2D eigenvalue weighted by Gasteiger charge is 2.15. The number of hydrogen-bond donors (Lipinski definition) is 1. The van der Waals surface area contributed by atoms with Crippen LogP contribution in [0.2, 0.25) is 0 Å². The summed E-state index contributed by atoms with van der Waals surface area (Å²) in [5.41, 5.74) is 2.53. The molecule has 1 heterocycles. The number of benzene rings is 1. The van der Waals surface area contributed by atoms with Crippen LogP contribution in [0.3, 0.4) is 0 Å². The summed E-state index contributed by atoms with van der Waals surface area (Å²) in [5, 5.41) is 3.32. The molecule has 0 bridgehead atoms. The molecule has 5 heteroatoms. The monoisotopic (exact) mass is 286 g/mol. The van der Waals surface area contributed by atoms with E-state index in [0.717, 1.165) is 6.54 Å². The zero-order valence-electron chi connectivity index (χ0n) is 13.0. The summed E-state index contributed by atoms with van der Waals surface area (Å²) in [4.78, 5) is 10.6. The Kier molecular flexibility index (Phi) is 5.11. The molecular weight excluding hydrogens is 264 g/mol. The van der Waals surface area contributed by atoms with Crippen molar-refractivity contribution in [3.05, 3.63) is 47.8 Å². The van der Waals surface area contributed by atoms with Crippen molar-refractivity contribution in [2.24, 2.45) is 0 Å². The minimum Gasteiger partial charge on any atom is -0.478 e. The maximum absolute atomic E-state index is 5.21.